The number of ether oxygens (including phenoxy) is 1. The minimum atomic E-state index is -0.541. The summed E-state index contributed by atoms with van der Waals surface area (Å²) in [5, 5.41) is 14.6. The molecule has 0 saturated carbocycles. The van der Waals surface area contributed by atoms with Crippen LogP contribution < -0.4 is 10.2 Å². The van der Waals surface area contributed by atoms with Crippen molar-refractivity contribution in [2.45, 2.75) is 38.8 Å². The SMILES string of the molecule is CC(C)(C)OC(=O)N[C@H]1CCN(c2ccc([N+](=O)[O-])c3cccnc23)C1. The molecule has 26 heavy (non-hydrogen) atoms. The Labute approximate surface area is 151 Å². The summed E-state index contributed by atoms with van der Waals surface area (Å²) in [5.41, 5.74) is 0.930. The van der Waals surface area contributed by atoms with Crippen molar-refractivity contribution in [1.82, 2.24) is 10.3 Å². The molecule has 1 amide bonds. The molecule has 1 aromatic carbocycles. The van der Waals surface area contributed by atoms with Gasteiger partial charge in [-0.25, -0.2) is 4.79 Å². The van der Waals surface area contributed by atoms with Crippen LogP contribution in [-0.2, 0) is 4.74 Å². The third-order valence-electron chi connectivity index (χ3n) is 4.17. The number of alkyl carbamates (subject to hydrolysis) is 1. The van der Waals surface area contributed by atoms with E-state index in [0.29, 0.717) is 17.4 Å². The number of nitro benzene ring substituents is 1. The van der Waals surface area contributed by atoms with E-state index in [-0.39, 0.29) is 11.7 Å². The van der Waals surface area contributed by atoms with Crippen LogP contribution in [0.3, 0.4) is 0 Å². The predicted octanol–water partition coefficient (Wildman–Crippen LogP) is 3.25. The third kappa shape index (κ3) is 3.84. The molecular weight excluding hydrogens is 336 g/mol. The van der Waals surface area contributed by atoms with E-state index >= 15 is 0 Å². The lowest BCUT2D eigenvalue weighted by atomic mass is 10.1. The second-order valence-electron chi connectivity index (χ2n) is 7.34. The lowest BCUT2D eigenvalue weighted by Gasteiger charge is -2.23. The normalized spacial score (nSPS) is 17.3. The molecule has 1 aromatic heterocycles. The van der Waals surface area contributed by atoms with Gasteiger partial charge in [-0.15, -0.1) is 0 Å². The van der Waals surface area contributed by atoms with Gasteiger partial charge in [-0.3, -0.25) is 15.1 Å². The molecule has 3 rings (SSSR count). The fourth-order valence-electron chi connectivity index (χ4n) is 3.13. The molecule has 0 unspecified atom stereocenters. The predicted molar refractivity (Wildman–Crippen MR) is 98.4 cm³/mol. The summed E-state index contributed by atoms with van der Waals surface area (Å²) in [7, 11) is 0. The maximum atomic E-state index is 12.0. The molecule has 8 nitrogen and oxygen atoms in total. The number of carbonyl (C=O) groups is 1. The second-order valence-corrected chi connectivity index (χ2v) is 7.34. The number of anilines is 1. The number of benzene rings is 1. The van der Waals surface area contributed by atoms with Crippen molar-refractivity contribution in [2.75, 3.05) is 18.0 Å². The van der Waals surface area contributed by atoms with Crippen LogP contribution in [0.25, 0.3) is 10.9 Å². The van der Waals surface area contributed by atoms with Gasteiger partial charge >= 0.3 is 6.09 Å². The van der Waals surface area contributed by atoms with Gasteiger partial charge in [0.2, 0.25) is 0 Å². The number of pyridine rings is 1. The molecule has 1 aliphatic rings. The van der Waals surface area contributed by atoms with E-state index in [2.05, 4.69) is 15.2 Å². The number of fused-ring (bicyclic) bond motifs is 1. The van der Waals surface area contributed by atoms with Gasteiger partial charge < -0.3 is 15.0 Å². The Balaban J connectivity index is 1.78. The van der Waals surface area contributed by atoms with Gasteiger partial charge in [0, 0.05) is 25.4 Å². The summed E-state index contributed by atoms with van der Waals surface area (Å²) in [4.78, 5) is 29.2. The highest BCUT2D eigenvalue weighted by atomic mass is 16.6. The molecule has 138 valence electrons. The highest BCUT2D eigenvalue weighted by molar-refractivity contribution is 5.97. The molecule has 0 aliphatic carbocycles. The number of carbonyl (C=O) groups excluding carboxylic acids is 1. The fraction of sp³-hybridized carbons (Fsp3) is 0.444. The molecule has 1 saturated heterocycles. The largest absolute Gasteiger partial charge is 0.444 e. The molecule has 2 heterocycles. The number of nitro groups is 1. The van der Waals surface area contributed by atoms with Gasteiger partial charge in [0.1, 0.15) is 11.1 Å². The van der Waals surface area contributed by atoms with Crippen LogP contribution in [0, 0.1) is 10.1 Å². The van der Waals surface area contributed by atoms with Crippen molar-refractivity contribution in [3.05, 3.63) is 40.6 Å². The first-order valence-electron chi connectivity index (χ1n) is 8.51. The van der Waals surface area contributed by atoms with Crippen LogP contribution in [0.4, 0.5) is 16.2 Å². The molecule has 2 aromatic rings. The minimum absolute atomic E-state index is 0.0412. The highest BCUT2D eigenvalue weighted by Gasteiger charge is 2.28. The van der Waals surface area contributed by atoms with Gasteiger partial charge in [0.25, 0.3) is 5.69 Å². The zero-order valence-electron chi connectivity index (χ0n) is 15.1. The fourth-order valence-corrected chi connectivity index (χ4v) is 3.13. The van der Waals surface area contributed by atoms with E-state index in [0.717, 1.165) is 18.7 Å². The van der Waals surface area contributed by atoms with Gasteiger partial charge in [0.15, 0.2) is 0 Å². The van der Waals surface area contributed by atoms with Gasteiger partial charge in [-0.2, -0.15) is 0 Å². The lowest BCUT2D eigenvalue weighted by molar-refractivity contribution is -0.383. The zero-order valence-corrected chi connectivity index (χ0v) is 15.1. The van der Waals surface area contributed by atoms with E-state index in [1.807, 2.05) is 20.8 Å². The van der Waals surface area contributed by atoms with Crippen molar-refractivity contribution in [3.63, 3.8) is 0 Å². The summed E-state index contributed by atoms with van der Waals surface area (Å²) in [6.07, 6.45) is 1.96. The van der Waals surface area contributed by atoms with Crippen LogP contribution >= 0.6 is 0 Å². The molecule has 8 heteroatoms. The summed E-state index contributed by atoms with van der Waals surface area (Å²) in [6, 6.07) is 6.59. The minimum Gasteiger partial charge on any atom is -0.444 e. The average Bonchev–Trinajstić information content (AvgIpc) is 2.99. The van der Waals surface area contributed by atoms with Crippen molar-refractivity contribution in [1.29, 1.82) is 0 Å². The van der Waals surface area contributed by atoms with Gasteiger partial charge in [-0.05, 0) is 45.4 Å². The number of amides is 1. The summed E-state index contributed by atoms with van der Waals surface area (Å²) < 4.78 is 5.30. The number of rotatable bonds is 3. The molecule has 0 bridgehead atoms. The van der Waals surface area contributed by atoms with Crippen molar-refractivity contribution in [3.8, 4) is 0 Å². The van der Waals surface area contributed by atoms with Crippen LogP contribution in [-0.4, -0.2) is 40.7 Å². The van der Waals surface area contributed by atoms with Crippen LogP contribution in [0.2, 0.25) is 0 Å². The first-order valence-corrected chi connectivity index (χ1v) is 8.51. The van der Waals surface area contributed by atoms with E-state index in [9.17, 15) is 14.9 Å². The van der Waals surface area contributed by atoms with E-state index in [4.69, 9.17) is 4.74 Å². The number of hydrogen-bond donors (Lipinski definition) is 1. The summed E-state index contributed by atoms with van der Waals surface area (Å²) in [6.45, 7) is 6.79. The Morgan fingerprint density at radius 2 is 2.15 bits per heavy atom. The first-order chi connectivity index (χ1) is 12.2. The van der Waals surface area contributed by atoms with Crippen molar-refractivity contribution < 1.29 is 14.5 Å². The van der Waals surface area contributed by atoms with Crippen LogP contribution in [0.15, 0.2) is 30.5 Å². The van der Waals surface area contributed by atoms with Gasteiger partial charge in [-0.1, -0.05) is 0 Å². The van der Waals surface area contributed by atoms with E-state index < -0.39 is 16.6 Å². The third-order valence-corrected chi connectivity index (χ3v) is 4.17. The molecule has 1 aliphatic heterocycles. The number of nitrogens with zero attached hydrogens (tertiary/aromatic N) is 3. The topological polar surface area (TPSA) is 97.6 Å². The Bertz CT molecular complexity index is 847. The Morgan fingerprint density at radius 3 is 2.85 bits per heavy atom. The van der Waals surface area contributed by atoms with E-state index in [1.54, 1.807) is 24.4 Å². The Morgan fingerprint density at radius 1 is 1.38 bits per heavy atom. The van der Waals surface area contributed by atoms with Crippen molar-refractivity contribution in [2.24, 2.45) is 0 Å². The first kappa shape index (κ1) is 17.9. The quantitative estimate of drug-likeness (QED) is 0.668. The molecular formula is C18H22N4O4. The molecule has 1 N–H and O–H groups in total. The number of aromatic nitrogens is 1. The standard InChI is InChI=1S/C18H22N4O4/c1-18(2,3)26-17(23)20-12-8-10-21(11-12)15-7-6-14(22(24)25)13-5-4-9-19-16(13)15/h4-7,9,12H,8,10-11H2,1-3H3,(H,20,23)/t12-/m0/s1. The maximum Gasteiger partial charge on any atom is 0.407 e. The highest BCUT2D eigenvalue weighted by Crippen LogP contribution is 2.33. The molecule has 1 atom stereocenters. The van der Waals surface area contributed by atoms with E-state index in [1.165, 1.54) is 6.07 Å². The average molecular weight is 358 g/mol. The lowest BCUT2D eigenvalue weighted by Crippen LogP contribution is -2.40. The number of hydrogen-bond acceptors (Lipinski definition) is 6. The van der Waals surface area contributed by atoms with Crippen molar-refractivity contribution >= 4 is 28.4 Å². The number of non-ortho nitro benzene ring substituents is 1. The zero-order chi connectivity index (χ0) is 18.9. The summed E-state index contributed by atoms with van der Waals surface area (Å²) >= 11 is 0. The maximum absolute atomic E-state index is 12.0. The Kier molecular flexibility index (Phi) is 4.67. The smallest absolute Gasteiger partial charge is 0.407 e. The molecule has 1 fully saturated rings. The summed E-state index contributed by atoms with van der Waals surface area (Å²) in [5.74, 6) is 0. The molecule has 0 radical (unpaired) electrons. The second kappa shape index (κ2) is 6.78. The Hall–Kier alpha value is -2.90. The monoisotopic (exact) mass is 358 g/mol. The molecule has 0 spiro atoms. The van der Waals surface area contributed by atoms with Crippen LogP contribution in [0.1, 0.15) is 27.2 Å². The van der Waals surface area contributed by atoms with Gasteiger partial charge in [0.05, 0.1) is 22.0 Å². The number of nitrogens with one attached hydrogen (secondary N) is 1. The van der Waals surface area contributed by atoms with Crippen LogP contribution in [0.5, 0.6) is 0 Å².